The highest BCUT2D eigenvalue weighted by atomic mass is 15.1. The number of hydrogen-bond acceptors (Lipinski definition) is 3. The molecule has 0 atom stereocenters. The van der Waals surface area contributed by atoms with Crippen LogP contribution in [0, 0.1) is 6.92 Å². The van der Waals surface area contributed by atoms with E-state index in [9.17, 15) is 0 Å². The Kier molecular flexibility index (Phi) is 3.14. The second kappa shape index (κ2) is 4.35. The standard InChI is InChI=1S/C9H12N4/c1-4-10-7-13(3)9-5-11-8(2)12-6-9/h4-7H,1H2,2-3H3. The largest absolute Gasteiger partial charge is 0.333 e. The number of aryl methyl sites for hydroxylation is 1. The zero-order valence-corrected chi connectivity index (χ0v) is 7.81. The topological polar surface area (TPSA) is 41.4 Å². The van der Waals surface area contributed by atoms with Gasteiger partial charge in [0, 0.05) is 13.2 Å². The molecule has 1 aromatic heterocycles. The molecular weight excluding hydrogens is 164 g/mol. The lowest BCUT2D eigenvalue weighted by atomic mass is 10.5. The van der Waals surface area contributed by atoms with Crippen LogP contribution in [0.4, 0.5) is 5.69 Å². The van der Waals surface area contributed by atoms with Gasteiger partial charge in [0.05, 0.1) is 24.4 Å². The summed E-state index contributed by atoms with van der Waals surface area (Å²) in [6.45, 7) is 5.33. The molecule has 4 heteroatoms. The highest BCUT2D eigenvalue weighted by Gasteiger charge is 1.96. The van der Waals surface area contributed by atoms with Crippen LogP contribution in [0.15, 0.2) is 30.2 Å². The van der Waals surface area contributed by atoms with Crippen LogP contribution in [0.1, 0.15) is 5.82 Å². The fourth-order valence-electron chi connectivity index (χ4n) is 0.782. The molecule has 1 aromatic rings. The number of rotatable bonds is 3. The summed E-state index contributed by atoms with van der Waals surface area (Å²) in [7, 11) is 1.88. The van der Waals surface area contributed by atoms with E-state index in [0.29, 0.717) is 0 Å². The summed E-state index contributed by atoms with van der Waals surface area (Å²) in [6, 6.07) is 0. The molecule has 1 heterocycles. The van der Waals surface area contributed by atoms with Crippen LogP contribution >= 0.6 is 0 Å². The van der Waals surface area contributed by atoms with Crippen LogP contribution < -0.4 is 4.90 Å². The fraction of sp³-hybridized carbons (Fsp3) is 0.222. The minimum Gasteiger partial charge on any atom is -0.333 e. The summed E-state index contributed by atoms with van der Waals surface area (Å²) in [5.41, 5.74) is 0.899. The maximum atomic E-state index is 4.07. The molecule has 0 fully saturated rings. The molecule has 0 spiro atoms. The fourth-order valence-corrected chi connectivity index (χ4v) is 0.782. The normalized spacial score (nSPS) is 10.3. The second-order valence-electron chi connectivity index (χ2n) is 2.55. The molecule has 0 radical (unpaired) electrons. The van der Waals surface area contributed by atoms with Crippen LogP contribution in [0.25, 0.3) is 0 Å². The van der Waals surface area contributed by atoms with E-state index < -0.39 is 0 Å². The molecule has 0 aliphatic heterocycles. The predicted octanol–water partition coefficient (Wildman–Crippen LogP) is 1.39. The van der Waals surface area contributed by atoms with Crippen molar-refractivity contribution in [1.29, 1.82) is 0 Å². The van der Waals surface area contributed by atoms with E-state index in [2.05, 4.69) is 21.5 Å². The first-order chi connectivity index (χ1) is 6.24. The minimum absolute atomic E-state index is 0.762. The van der Waals surface area contributed by atoms with E-state index >= 15 is 0 Å². The second-order valence-corrected chi connectivity index (χ2v) is 2.55. The van der Waals surface area contributed by atoms with Crippen molar-refractivity contribution in [2.24, 2.45) is 4.99 Å². The molecule has 0 saturated heterocycles. The average molecular weight is 176 g/mol. The van der Waals surface area contributed by atoms with Gasteiger partial charge in [0.25, 0.3) is 0 Å². The summed E-state index contributed by atoms with van der Waals surface area (Å²) < 4.78 is 0. The first-order valence-corrected chi connectivity index (χ1v) is 3.89. The number of aromatic nitrogens is 2. The summed E-state index contributed by atoms with van der Waals surface area (Å²) in [5.74, 6) is 0.762. The Balaban J connectivity index is 2.77. The monoisotopic (exact) mass is 176 g/mol. The van der Waals surface area contributed by atoms with Crippen molar-refractivity contribution in [2.45, 2.75) is 6.92 Å². The van der Waals surface area contributed by atoms with Gasteiger partial charge in [-0.1, -0.05) is 6.58 Å². The van der Waals surface area contributed by atoms with Gasteiger partial charge in [-0.05, 0) is 6.92 Å². The molecule has 0 aromatic carbocycles. The Morgan fingerprint density at radius 2 is 2.08 bits per heavy atom. The summed E-state index contributed by atoms with van der Waals surface area (Å²) in [6.07, 6.45) is 6.63. The average Bonchev–Trinajstić information content (AvgIpc) is 2.15. The van der Waals surface area contributed by atoms with Gasteiger partial charge < -0.3 is 4.90 Å². The van der Waals surface area contributed by atoms with E-state index in [4.69, 9.17) is 0 Å². The lowest BCUT2D eigenvalue weighted by molar-refractivity contribution is 1.04. The van der Waals surface area contributed by atoms with Crippen LogP contribution in [0.3, 0.4) is 0 Å². The molecule has 1 rings (SSSR count). The Morgan fingerprint density at radius 1 is 1.46 bits per heavy atom. The molecule has 0 bridgehead atoms. The third kappa shape index (κ3) is 2.66. The van der Waals surface area contributed by atoms with Crippen molar-refractivity contribution in [3.63, 3.8) is 0 Å². The van der Waals surface area contributed by atoms with Gasteiger partial charge in [0.15, 0.2) is 0 Å². The van der Waals surface area contributed by atoms with Crippen molar-refractivity contribution in [2.75, 3.05) is 11.9 Å². The Bertz CT molecular complexity index is 302. The highest BCUT2D eigenvalue weighted by Crippen LogP contribution is 2.06. The lowest BCUT2D eigenvalue weighted by Gasteiger charge is -2.10. The van der Waals surface area contributed by atoms with Gasteiger partial charge in [-0.3, -0.25) is 0 Å². The predicted molar refractivity (Wildman–Crippen MR) is 53.9 cm³/mol. The quantitative estimate of drug-likeness (QED) is 0.516. The Hall–Kier alpha value is -1.71. The van der Waals surface area contributed by atoms with Gasteiger partial charge in [-0.15, -0.1) is 0 Å². The van der Waals surface area contributed by atoms with Gasteiger partial charge in [0.2, 0.25) is 0 Å². The molecule has 0 N–H and O–H groups in total. The summed E-state index contributed by atoms with van der Waals surface area (Å²) in [4.78, 5) is 13.8. The van der Waals surface area contributed by atoms with Gasteiger partial charge in [0.1, 0.15) is 5.82 Å². The third-order valence-electron chi connectivity index (χ3n) is 1.52. The van der Waals surface area contributed by atoms with Gasteiger partial charge in [-0.2, -0.15) is 0 Å². The third-order valence-corrected chi connectivity index (χ3v) is 1.52. The van der Waals surface area contributed by atoms with Crippen molar-refractivity contribution in [3.05, 3.63) is 31.0 Å². The molecule has 0 aliphatic carbocycles. The van der Waals surface area contributed by atoms with E-state index in [1.54, 1.807) is 18.7 Å². The van der Waals surface area contributed by atoms with Crippen LogP contribution in [0.2, 0.25) is 0 Å². The number of hydrogen-bond donors (Lipinski definition) is 0. The Morgan fingerprint density at radius 3 is 2.62 bits per heavy atom. The van der Waals surface area contributed by atoms with Crippen LogP contribution in [-0.2, 0) is 0 Å². The van der Waals surface area contributed by atoms with Crippen LogP contribution in [-0.4, -0.2) is 23.4 Å². The van der Waals surface area contributed by atoms with Crippen molar-refractivity contribution < 1.29 is 0 Å². The van der Waals surface area contributed by atoms with E-state index in [-0.39, 0.29) is 0 Å². The first kappa shape index (κ1) is 9.38. The Labute approximate surface area is 77.7 Å². The van der Waals surface area contributed by atoms with E-state index in [1.807, 2.05) is 18.9 Å². The number of nitrogens with zero attached hydrogens (tertiary/aromatic N) is 4. The molecule has 13 heavy (non-hydrogen) atoms. The molecular formula is C9H12N4. The smallest absolute Gasteiger partial charge is 0.125 e. The lowest BCUT2D eigenvalue weighted by Crippen LogP contribution is -2.14. The van der Waals surface area contributed by atoms with Crippen molar-refractivity contribution in [1.82, 2.24) is 9.97 Å². The maximum absolute atomic E-state index is 4.07. The maximum Gasteiger partial charge on any atom is 0.125 e. The zero-order chi connectivity index (χ0) is 9.68. The highest BCUT2D eigenvalue weighted by molar-refractivity contribution is 5.77. The summed E-state index contributed by atoms with van der Waals surface area (Å²) in [5, 5.41) is 0. The zero-order valence-electron chi connectivity index (χ0n) is 7.81. The SMILES string of the molecule is C=CN=CN(C)c1cnc(C)nc1. The molecule has 0 aliphatic rings. The van der Waals surface area contributed by atoms with Gasteiger partial charge in [-0.25, -0.2) is 15.0 Å². The van der Waals surface area contributed by atoms with E-state index in [0.717, 1.165) is 11.5 Å². The molecule has 0 saturated carbocycles. The molecule has 0 amide bonds. The molecule has 4 nitrogen and oxygen atoms in total. The molecule has 68 valence electrons. The number of aliphatic imine (C=N–C) groups is 1. The molecule has 0 unspecified atom stereocenters. The summed E-state index contributed by atoms with van der Waals surface area (Å²) >= 11 is 0. The van der Waals surface area contributed by atoms with Gasteiger partial charge >= 0.3 is 0 Å². The minimum atomic E-state index is 0.762. The number of anilines is 1. The van der Waals surface area contributed by atoms with Crippen LogP contribution in [0.5, 0.6) is 0 Å². The van der Waals surface area contributed by atoms with E-state index in [1.165, 1.54) is 6.20 Å². The van der Waals surface area contributed by atoms with Crippen molar-refractivity contribution >= 4 is 12.0 Å². The van der Waals surface area contributed by atoms with Crippen molar-refractivity contribution in [3.8, 4) is 0 Å². The first-order valence-electron chi connectivity index (χ1n) is 3.89.